The van der Waals surface area contributed by atoms with E-state index in [2.05, 4.69) is 0 Å². The second-order valence-electron chi connectivity index (χ2n) is 3.25. The normalized spacial score (nSPS) is 15.8. The highest BCUT2D eigenvalue weighted by molar-refractivity contribution is 5.31. The number of nitrogens with two attached hydrogens (primary N) is 1. The lowest BCUT2D eigenvalue weighted by molar-refractivity contribution is 0.286. The Bertz CT molecular complexity index is 310. The molecular formula is C10H12FNO. The van der Waals surface area contributed by atoms with E-state index in [-0.39, 0.29) is 18.5 Å². The van der Waals surface area contributed by atoms with Crippen LogP contribution in [0.25, 0.3) is 0 Å². The van der Waals surface area contributed by atoms with Crippen molar-refractivity contribution in [1.82, 2.24) is 0 Å². The number of benzene rings is 1. The lowest BCUT2D eigenvalue weighted by Crippen LogP contribution is -2.04. The minimum atomic E-state index is -0.308. The Morgan fingerprint density at radius 3 is 2.85 bits per heavy atom. The van der Waals surface area contributed by atoms with Gasteiger partial charge in [-0.2, -0.15) is 0 Å². The molecule has 3 heteroatoms. The predicted molar refractivity (Wildman–Crippen MR) is 47.9 cm³/mol. The molecule has 0 amide bonds. The standard InChI is InChI=1S/C10H12FNO/c11-10-7(6-12)2-1-3-9(10)13-8-4-5-8/h1-3,8H,4-6,12H2. The maximum atomic E-state index is 13.5. The predicted octanol–water partition coefficient (Wildman–Crippen LogP) is 1.83. The van der Waals surface area contributed by atoms with Gasteiger partial charge in [0.05, 0.1) is 6.10 Å². The molecule has 2 nitrogen and oxygen atoms in total. The Morgan fingerprint density at radius 2 is 2.23 bits per heavy atom. The summed E-state index contributed by atoms with van der Waals surface area (Å²) in [4.78, 5) is 0. The third kappa shape index (κ3) is 1.80. The zero-order chi connectivity index (χ0) is 9.26. The van der Waals surface area contributed by atoms with Crippen LogP contribution in [0.1, 0.15) is 18.4 Å². The molecule has 2 N–H and O–H groups in total. The minimum absolute atomic E-state index is 0.216. The van der Waals surface area contributed by atoms with Crippen molar-refractivity contribution in [2.75, 3.05) is 0 Å². The van der Waals surface area contributed by atoms with Crippen LogP contribution in [0.3, 0.4) is 0 Å². The number of ether oxygens (including phenoxy) is 1. The maximum Gasteiger partial charge on any atom is 0.169 e. The summed E-state index contributed by atoms with van der Waals surface area (Å²) < 4.78 is 18.8. The van der Waals surface area contributed by atoms with Gasteiger partial charge in [-0.05, 0) is 18.9 Å². The van der Waals surface area contributed by atoms with E-state index in [0.29, 0.717) is 11.3 Å². The summed E-state index contributed by atoms with van der Waals surface area (Å²) in [5.74, 6) is 0.0300. The van der Waals surface area contributed by atoms with Crippen molar-refractivity contribution in [2.45, 2.75) is 25.5 Å². The molecule has 1 saturated carbocycles. The average molecular weight is 181 g/mol. The molecule has 0 saturated heterocycles. The molecule has 0 spiro atoms. The molecule has 70 valence electrons. The van der Waals surface area contributed by atoms with Crippen LogP contribution in [0.15, 0.2) is 18.2 Å². The summed E-state index contributed by atoms with van der Waals surface area (Å²) in [6.07, 6.45) is 2.29. The fraction of sp³-hybridized carbons (Fsp3) is 0.400. The zero-order valence-corrected chi connectivity index (χ0v) is 7.29. The van der Waals surface area contributed by atoms with Gasteiger partial charge in [0, 0.05) is 12.1 Å². The lowest BCUT2D eigenvalue weighted by Gasteiger charge is -2.07. The van der Waals surface area contributed by atoms with Crippen molar-refractivity contribution in [3.63, 3.8) is 0 Å². The lowest BCUT2D eigenvalue weighted by atomic mass is 10.2. The molecule has 1 aromatic rings. The van der Waals surface area contributed by atoms with Gasteiger partial charge in [0.25, 0.3) is 0 Å². The molecule has 1 aliphatic rings. The molecule has 2 rings (SSSR count). The molecule has 1 aromatic carbocycles. The van der Waals surface area contributed by atoms with Crippen molar-refractivity contribution in [1.29, 1.82) is 0 Å². The molecule has 0 heterocycles. The van der Waals surface area contributed by atoms with Crippen molar-refractivity contribution < 1.29 is 9.13 Å². The van der Waals surface area contributed by atoms with Crippen LogP contribution in [0, 0.1) is 5.82 Å². The summed E-state index contributed by atoms with van der Waals surface area (Å²) in [6.45, 7) is 0.216. The molecule has 0 radical (unpaired) electrons. The number of hydrogen-bond donors (Lipinski definition) is 1. The minimum Gasteiger partial charge on any atom is -0.487 e. The quantitative estimate of drug-likeness (QED) is 0.772. The fourth-order valence-electron chi connectivity index (χ4n) is 1.17. The van der Waals surface area contributed by atoms with Gasteiger partial charge in [-0.3, -0.25) is 0 Å². The van der Waals surface area contributed by atoms with Crippen LogP contribution in [0.4, 0.5) is 4.39 Å². The highest BCUT2D eigenvalue weighted by Gasteiger charge is 2.25. The third-order valence-corrected chi connectivity index (χ3v) is 2.08. The van der Waals surface area contributed by atoms with Crippen LogP contribution < -0.4 is 10.5 Å². The van der Waals surface area contributed by atoms with E-state index in [1.165, 1.54) is 0 Å². The average Bonchev–Trinajstić information content (AvgIpc) is 2.92. The Balaban J connectivity index is 2.22. The van der Waals surface area contributed by atoms with E-state index in [4.69, 9.17) is 10.5 Å². The van der Waals surface area contributed by atoms with E-state index in [1.807, 2.05) is 0 Å². The molecule has 13 heavy (non-hydrogen) atoms. The van der Waals surface area contributed by atoms with Crippen molar-refractivity contribution in [3.05, 3.63) is 29.6 Å². The summed E-state index contributed by atoms with van der Waals surface area (Å²) in [6, 6.07) is 5.09. The van der Waals surface area contributed by atoms with Gasteiger partial charge < -0.3 is 10.5 Å². The summed E-state index contributed by atoms with van der Waals surface area (Å²) in [7, 11) is 0. The molecule has 0 aromatic heterocycles. The molecule has 1 fully saturated rings. The molecule has 0 aliphatic heterocycles. The highest BCUT2D eigenvalue weighted by atomic mass is 19.1. The molecule has 1 aliphatic carbocycles. The second-order valence-corrected chi connectivity index (χ2v) is 3.25. The monoisotopic (exact) mass is 181 g/mol. The zero-order valence-electron chi connectivity index (χ0n) is 7.29. The van der Waals surface area contributed by atoms with E-state index in [0.717, 1.165) is 12.8 Å². The first-order valence-corrected chi connectivity index (χ1v) is 4.45. The molecule has 0 unspecified atom stereocenters. The van der Waals surface area contributed by atoms with E-state index in [9.17, 15) is 4.39 Å². The van der Waals surface area contributed by atoms with Crippen molar-refractivity contribution in [3.8, 4) is 5.75 Å². The van der Waals surface area contributed by atoms with Gasteiger partial charge >= 0.3 is 0 Å². The Hall–Kier alpha value is -1.09. The van der Waals surface area contributed by atoms with Gasteiger partial charge in [-0.1, -0.05) is 12.1 Å². The summed E-state index contributed by atoms with van der Waals surface area (Å²) >= 11 is 0. The van der Waals surface area contributed by atoms with Crippen LogP contribution >= 0.6 is 0 Å². The van der Waals surface area contributed by atoms with Crippen LogP contribution in [0.5, 0.6) is 5.75 Å². The molecular weight excluding hydrogens is 169 g/mol. The SMILES string of the molecule is NCc1cccc(OC2CC2)c1F. The third-order valence-electron chi connectivity index (χ3n) is 2.08. The summed E-state index contributed by atoms with van der Waals surface area (Å²) in [5.41, 5.74) is 5.88. The maximum absolute atomic E-state index is 13.5. The summed E-state index contributed by atoms with van der Waals surface area (Å²) in [5, 5.41) is 0. The topological polar surface area (TPSA) is 35.2 Å². The van der Waals surface area contributed by atoms with E-state index in [1.54, 1.807) is 18.2 Å². The smallest absolute Gasteiger partial charge is 0.169 e. The van der Waals surface area contributed by atoms with Crippen molar-refractivity contribution in [2.24, 2.45) is 5.73 Å². The molecule has 0 atom stereocenters. The van der Waals surface area contributed by atoms with Gasteiger partial charge in [-0.15, -0.1) is 0 Å². The first-order chi connectivity index (χ1) is 6.31. The Morgan fingerprint density at radius 1 is 1.46 bits per heavy atom. The van der Waals surface area contributed by atoms with E-state index >= 15 is 0 Å². The van der Waals surface area contributed by atoms with Gasteiger partial charge in [0.1, 0.15) is 0 Å². The Kier molecular flexibility index (Phi) is 2.19. The second kappa shape index (κ2) is 3.34. The van der Waals surface area contributed by atoms with Gasteiger partial charge in [0.2, 0.25) is 0 Å². The largest absolute Gasteiger partial charge is 0.487 e. The molecule has 0 bridgehead atoms. The van der Waals surface area contributed by atoms with Crippen LogP contribution in [0.2, 0.25) is 0 Å². The van der Waals surface area contributed by atoms with Gasteiger partial charge in [-0.25, -0.2) is 4.39 Å². The first kappa shape index (κ1) is 8.51. The van der Waals surface area contributed by atoms with Gasteiger partial charge in [0.15, 0.2) is 11.6 Å². The number of halogens is 1. The fourth-order valence-corrected chi connectivity index (χ4v) is 1.17. The van der Waals surface area contributed by atoms with Crippen LogP contribution in [-0.2, 0) is 6.54 Å². The number of hydrogen-bond acceptors (Lipinski definition) is 2. The van der Waals surface area contributed by atoms with E-state index < -0.39 is 0 Å². The van der Waals surface area contributed by atoms with Crippen molar-refractivity contribution >= 4 is 0 Å². The number of rotatable bonds is 3. The van der Waals surface area contributed by atoms with Crippen LogP contribution in [-0.4, -0.2) is 6.10 Å². The highest BCUT2D eigenvalue weighted by Crippen LogP contribution is 2.29. The first-order valence-electron chi connectivity index (χ1n) is 4.45. The Labute approximate surface area is 76.5 Å².